The molecule has 0 saturated heterocycles. The maximum absolute atomic E-state index is 4.99. The maximum Gasteiger partial charge on any atom is 0.185 e. The van der Waals surface area contributed by atoms with Crippen LogP contribution in [0.2, 0.25) is 0 Å². The van der Waals surface area contributed by atoms with Gasteiger partial charge in [-0.25, -0.2) is 4.98 Å². The standard InChI is InChI=1S/C16H29N3S/c1-5-12(3)15-14(10-17-4)20-16(18-15)19(6-2)11-13-8-7-9-13/h12-13,17H,5-11H2,1-4H3. The van der Waals surface area contributed by atoms with Crippen LogP contribution in [-0.4, -0.2) is 25.1 Å². The van der Waals surface area contributed by atoms with Crippen molar-refractivity contribution in [3.63, 3.8) is 0 Å². The lowest BCUT2D eigenvalue weighted by Gasteiger charge is -2.31. The Hall–Kier alpha value is -0.610. The van der Waals surface area contributed by atoms with Gasteiger partial charge in [0, 0.05) is 24.5 Å². The monoisotopic (exact) mass is 295 g/mol. The lowest BCUT2D eigenvalue weighted by Crippen LogP contribution is -2.32. The second-order valence-corrected chi connectivity index (χ2v) is 7.04. The van der Waals surface area contributed by atoms with Gasteiger partial charge in [0.1, 0.15) is 0 Å². The highest BCUT2D eigenvalue weighted by atomic mass is 32.1. The predicted molar refractivity (Wildman–Crippen MR) is 88.8 cm³/mol. The van der Waals surface area contributed by atoms with Crippen molar-refractivity contribution in [3.8, 4) is 0 Å². The summed E-state index contributed by atoms with van der Waals surface area (Å²) in [5, 5.41) is 4.52. The summed E-state index contributed by atoms with van der Waals surface area (Å²) in [6, 6.07) is 0. The molecule has 0 radical (unpaired) electrons. The third-order valence-electron chi connectivity index (χ3n) is 4.49. The molecule has 1 aliphatic carbocycles. The number of anilines is 1. The number of aromatic nitrogens is 1. The molecule has 1 N–H and O–H groups in total. The zero-order valence-corrected chi connectivity index (χ0v) is 14.2. The highest BCUT2D eigenvalue weighted by Gasteiger charge is 2.23. The topological polar surface area (TPSA) is 28.2 Å². The quantitative estimate of drug-likeness (QED) is 0.785. The van der Waals surface area contributed by atoms with E-state index >= 15 is 0 Å². The lowest BCUT2D eigenvalue weighted by molar-refractivity contribution is 0.318. The van der Waals surface area contributed by atoms with E-state index in [1.165, 1.54) is 41.5 Å². The van der Waals surface area contributed by atoms with Crippen molar-refractivity contribution in [2.24, 2.45) is 5.92 Å². The van der Waals surface area contributed by atoms with Crippen molar-refractivity contribution in [2.75, 3.05) is 25.0 Å². The number of hydrogen-bond acceptors (Lipinski definition) is 4. The smallest absolute Gasteiger partial charge is 0.185 e. The minimum absolute atomic E-state index is 0.561. The van der Waals surface area contributed by atoms with Crippen LogP contribution >= 0.6 is 11.3 Å². The minimum Gasteiger partial charge on any atom is -0.348 e. The number of nitrogens with one attached hydrogen (secondary N) is 1. The predicted octanol–water partition coefficient (Wildman–Crippen LogP) is 4.00. The molecule has 0 aliphatic heterocycles. The largest absolute Gasteiger partial charge is 0.348 e. The molecular weight excluding hydrogens is 266 g/mol. The van der Waals surface area contributed by atoms with Crippen molar-refractivity contribution in [1.29, 1.82) is 0 Å². The van der Waals surface area contributed by atoms with Crippen LogP contribution < -0.4 is 10.2 Å². The van der Waals surface area contributed by atoms with Crippen molar-refractivity contribution in [1.82, 2.24) is 10.3 Å². The Morgan fingerprint density at radius 1 is 1.40 bits per heavy atom. The first-order valence-corrected chi connectivity index (χ1v) is 8.90. The van der Waals surface area contributed by atoms with E-state index in [1.807, 2.05) is 18.4 Å². The van der Waals surface area contributed by atoms with Crippen LogP contribution in [0.15, 0.2) is 0 Å². The summed E-state index contributed by atoms with van der Waals surface area (Å²) >= 11 is 1.89. The number of hydrogen-bond donors (Lipinski definition) is 1. The summed E-state index contributed by atoms with van der Waals surface area (Å²) in [5.74, 6) is 1.46. The fourth-order valence-electron chi connectivity index (χ4n) is 2.68. The third-order valence-corrected chi connectivity index (χ3v) is 5.62. The van der Waals surface area contributed by atoms with Crippen molar-refractivity contribution < 1.29 is 0 Å². The summed E-state index contributed by atoms with van der Waals surface area (Å²) in [7, 11) is 2.02. The highest BCUT2D eigenvalue weighted by molar-refractivity contribution is 7.15. The first-order chi connectivity index (χ1) is 9.69. The van der Waals surface area contributed by atoms with E-state index < -0.39 is 0 Å². The molecule has 0 bridgehead atoms. The van der Waals surface area contributed by atoms with E-state index in [1.54, 1.807) is 0 Å². The van der Waals surface area contributed by atoms with E-state index in [0.717, 1.165) is 25.4 Å². The summed E-state index contributed by atoms with van der Waals surface area (Å²) in [6.07, 6.45) is 5.39. The van der Waals surface area contributed by atoms with Crippen LogP contribution in [0.4, 0.5) is 5.13 Å². The van der Waals surface area contributed by atoms with Crippen LogP contribution in [0, 0.1) is 5.92 Å². The normalized spacial score (nSPS) is 17.0. The zero-order valence-electron chi connectivity index (χ0n) is 13.4. The number of thiazole rings is 1. The Bertz CT molecular complexity index is 412. The molecule has 20 heavy (non-hydrogen) atoms. The molecule has 1 heterocycles. The highest BCUT2D eigenvalue weighted by Crippen LogP contribution is 2.34. The fraction of sp³-hybridized carbons (Fsp3) is 0.812. The number of nitrogens with zero attached hydrogens (tertiary/aromatic N) is 2. The van der Waals surface area contributed by atoms with Gasteiger partial charge in [-0.15, -0.1) is 11.3 Å². The molecule has 0 amide bonds. The van der Waals surface area contributed by atoms with Crippen LogP contribution in [0.5, 0.6) is 0 Å². The van der Waals surface area contributed by atoms with Crippen LogP contribution in [0.25, 0.3) is 0 Å². The van der Waals surface area contributed by atoms with E-state index in [-0.39, 0.29) is 0 Å². The summed E-state index contributed by atoms with van der Waals surface area (Å²) in [6.45, 7) is 10.0. The van der Waals surface area contributed by atoms with E-state index in [2.05, 4.69) is 31.0 Å². The van der Waals surface area contributed by atoms with Gasteiger partial charge in [-0.3, -0.25) is 0 Å². The van der Waals surface area contributed by atoms with Crippen LogP contribution in [-0.2, 0) is 6.54 Å². The second-order valence-electron chi connectivity index (χ2n) is 5.98. The van der Waals surface area contributed by atoms with Gasteiger partial charge in [0.05, 0.1) is 5.69 Å². The van der Waals surface area contributed by atoms with E-state index in [9.17, 15) is 0 Å². The first kappa shape index (κ1) is 15.8. The molecule has 1 aromatic heterocycles. The van der Waals surface area contributed by atoms with Crippen molar-refractivity contribution >= 4 is 16.5 Å². The molecule has 0 spiro atoms. The summed E-state index contributed by atoms with van der Waals surface area (Å²) in [5.41, 5.74) is 1.31. The van der Waals surface area contributed by atoms with Gasteiger partial charge in [0.25, 0.3) is 0 Å². The van der Waals surface area contributed by atoms with Gasteiger partial charge in [0.2, 0.25) is 0 Å². The maximum atomic E-state index is 4.99. The molecule has 1 aromatic rings. The second kappa shape index (κ2) is 7.41. The molecule has 1 unspecified atom stereocenters. The molecule has 3 nitrogen and oxygen atoms in total. The Balaban J connectivity index is 2.16. The van der Waals surface area contributed by atoms with E-state index in [4.69, 9.17) is 4.98 Å². The Morgan fingerprint density at radius 3 is 2.65 bits per heavy atom. The van der Waals surface area contributed by atoms with Crippen molar-refractivity contribution in [2.45, 2.75) is 58.9 Å². The van der Waals surface area contributed by atoms with Gasteiger partial charge < -0.3 is 10.2 Å². The van der Waals surface area contributed by atoms with Crippen LogP contribution in [0.3, 0.4) is 0 Å². The molecule has 0 aromatic carbocycles. The van der Waals surface area contributed by atoms with Gasteiger partial charge in [-0.05, 0) is 45.1 Å². The molecule has 1 atom stereocenters. The zero-order chi connectivity index (χ0) is 14.5. The SMILES string of the molecule is CCC(C)c1nc(N(CC)CC2CCC2)sc1CNC. The molecule has 1 aliphatic rings. The van der Waals surface area contributed by atoms with Crippen molar-refractivity contribution in [3.05, 3.63) is 10.6 Å². The van der Waals surface area contributed by atoms with Gasteiger partial charge in [-0.1, -0.05) is 20.3 Å². The summed E-state index contributed by atoms with van der Waals surface area (Å²) < 4.78 is 0. The average molecular weight is 295 g/mol. The molecule has 1 saturated carbocycles. The Labute approximate surface area is 127 Å². The van der Waals surface area contributed by atoms with Crippen LogP contribution in [0.1, 0.15) is 62.9 Å². The number of rotatable bonds is 8. The Morgan fingerprint density at radius 2 is 2.15 bits per heavy atom. The molecule has 1 fully saturated rings. The molecule has 4 heteroatoms. The summed E-state index contributed by atoms with van der Waals surface area (Å²) in [4.78, 5) is 8.89. The average Bonchev–Trinajstić information content (AvgIpc) is 2.81. The third kappa shape index (κ3) is 3.53. The Kier molecular flexibility index (Phi) is 5.85. The minimum atomic E-state index is 0.561. The molecule has 114 valence electrons. The van der Waals surface area contributed by atoms with Gasteiger partial charge in [0.15, 0.2) is 5.13 Å². The fourth-order valence-corrected chi connectivity index (χ4v) is 3.95. The molecule has 2 rings (SSSR count). The first-order valence-electron chi connectivity index (χ1n) is 8.08. The lowest BCUT2D eigenvalue weighted by atomic mass is 9.85. The molecular formula is C16H29N3S. The van der Waals surface area contributed by atoms with Gasteiger partial charge >= 0.3 is 0 Å². The van der Waals surface area contributed by atoms with Gasteiger partial charge in [-0.2, -0.15) is 0 Å². The van der Waals surface area contributed by atoms with E-state index in [0.29, 0.717) is 5.92 Å².